The lowest BCUT2D eigenvalue weighted by Gasteiger charge is -2.22. The van der Waals surface area contributed by atoms with Gasteiger partial charge in [-0.1, -0.05) is 12.1 Å². The van der Waals surface area contributed by atoms with Crippen LogP contribution >= 0.6 is 0 Å². The molecule has 22 heavy (non-hydrogen) atoms. The summed E-state index contributed by atoms with van der Waals surface area (Å²) in [6, 6.07) is 5.59. The topological polar surface area (TPSA) is 69.7 Å². The van der Waals surface area contributed by atoms with Crippen molar-refractivity contribution >= 4 is 21.6 Å². The molecule has 0 atom stereocenters. The standard InChI is InChI=1S/C14H22FN3O3S/c1-17(2)11-9-16-14(19)8-10-18(22(3,20)21)13-7-5-4-6-12(13)15/h4-7H,8-11H2,1-3H3,(H,16,19). The van der Waals surface area contributed by atoms with E-state index in [1.165, 1.54) is 18.2 Å². The van der Waals surface area contributed by atoms with Crippen LogP contribution in [-0.4, -0.2) is 59.2 Å². The second kappa shape index (κ2) is 8.09. The van der Waals surface area contributed by atoms with E-state index in [-0.39, 0.29) is 24.6 Å². The Balaban J connectivity index is 2.69. The molecular formula is C14H22FN3O3S. The van der Waals surface area contributed by atoms with Gasteiger partial charge in [-0.15, -0.1) is 0 Å². The van der Waals surface area contributed by atoms with E-state index in [9.17, 15) is 17.6 Å². The molecule has 1 rings (SSSR count). The maximum atomic E-state index is 13.8. The fourth-order valence-corrected chi connectivity index (χ4v) is 2.76. The highest BCUT2D eigenvalue weighted by Crippen LogP contribution is 2.21. The van der Waals surface area contributed by atoms with Gasteiger partial charge >= 0.3 is 0 Å². The fraction of sp³-hybridized carbons (Fsp3) is 0.500. The van der Waals surface area contributed by atoms with Crippen LogP contribution in [0.4, 0.5) is 10.1 Å². The minimum absolute atomic E-state index is 0.0329. The summed E-state index contributed by atoms with van der Waals surface area (Å²) in [5.41, 5.74) is -0.0499. The van der Waals surface area contributed by atoms with Gasteiger partial charge in [-0.25, -0.2) is 12.8 Å². The Labute approximate surface area is 131 Å². The number of carbonyl (C=O) groups excluding carboxylic acids is 1. The summed E-state index contributed by atoms with van der Waals surface area (Å²) < 4.78 is 38.3. The van der Waals surface area contributed by atoms with Crippen molar-refractivity contribution in [2.45, 2.75) is 6.42 Å². The molecule has 124 valence electrons. The maximum Gasteiger partial charge on any atom is 0.232 e. The SMILES string of the molecule is CN(C)CCNC(=O)CCN(c1ccccc1F)S(C)(=O)=O. The molecule has 0 aliphatic carbocycles. The molecule has 1 amide bonds. The Kier molecular flexibility index (Phi) is 6.76. The third kappa shape index (κ3) is 5.98. The maximum absolute atomic E-state index is 13.8. The van der Waals surface area contributed by atoms with Crippen LogP contribution in [0.2, 0.25) is 0 Å². The smallest absolute Gasteiger partial charge is 0.232 e. The van der Waals surface area contributed by atoms with Crippen molar-refractivity contribution in [1.82, 2.24) is 10.2 Å². The van der Waals surface area contributed by atoms with Gasteiger partial charge in [0.2, 0.25) is 15.9 Å². The highest BCUT2D eigenvalue weighted by molar-refractivity contribution is 7.92. The number of benzene rings is 1. The average molecular weight is 331 g/mol. The minimum Gasteiger partial charge on any atom is -0.355 e. The number of nitrogens with zero attached hydrogens (tertiary/aromatic N) is 2. The van der Waals surface area contributed by atoms with Crippen LogP contribution < -0.4 is 9.62 Å². The Morgan fingerprint density at radius 2 is 1.86 bits per heavy atom. The van der Waals surface area contributed by atoms with E-state index in [1.807, 2.05) is 19.0 Å². The molecular weight excluding hydrogens is 309 g/mol. The number of anilines is 1. The summed E-state index contributed by atoms with van der Waals surface area (Å²) >= 11 is 0. The molecule has 1 aromatic carbocycles. The van der Waals surface area contributed by atoms with E-state index in [1.54, 1.807) is 6.07 Å². The van der Waals surface area contributed by atoms with E-state index < -0.39 is 15.8 Å². The van der Waals surface area contributed by atoms with E-state index in [4.69, 9.17) is 0 Å². The van der Waals surface area contributed by atoms with Crippen molar-refractivity contribution in [2.24, 2.45) is 0 Å². The number of nitrogens with one attached hydrogen (secondary N) is 1. The minimum atomic E-state index is -3.66. The molecule has 0 aliphatic rings. The van der Waals surface area contributed by atoms with Crippen molar-refractivity contribution in [1.29, 1.82) is 0 Å². The van der Waals surface area contributed by atoms with Gasteiger partial charge in [-0.3, -0.25) is 9.10 Å². The second-order valence-electron chi connectivity index (χ2n) is 5.19. The number of carbonyl (C=O) groups is 1. The number of rotatable bonds is 8. The molecule has 0 heterocycles. The fourth-order valence-electron chi connectivity index (χ4n) is 1.83. The Bertz CT molecular complexity index is 605. The molecule has 1 N–H and O–H groups in total. The summed E-state index contributed by atoms with van der Waals surface area (Å²) in [7, 11) is 0.104. The summed E-state index contributed by atoms with van der Waals surface area (Å²) in [6.45, 7) is 1.06. The van der Waals surface area contributed by atoms with Gasteiger partial charge in [-0.2, -0.15) is 0 Å². The summed E-state index contributed by atoms with van der Waals surface area (Å²) in [5.74, 6) is -0.909. The lowest BCUT2D eigenvalue weighted by Crippen LogP contribution is -2.36. The summed E-state index contributed by atoms with van der Waals surface area (Å²) in [6.07, 6.45) is 0.957. The molecule has 0 aliphatic heterocycles. The number of sulfonamides is 1. The van der Waals surface area contributed by atoms with Crippen molar-refractivity contribution < 1.29 is 17.6 Å². The number of para-hydroxylation sites is 1. The van der Waals surface area contributed by atoms with Crippen LogP contribution in [0.3, 0.4) is 0 Å². The normalized spacial score (nSPS) is 11.5. The number of amides is 1. The van der Waals surface area contributed by atoms with Gasteiger partial charge in [-0.05, 0) is 26.2 Å². The van der Waals surface area contributed by atoms with Gasteiger partial charge in [0.1, 0.15) is 5.82 Å². The lowest BCUT2D eigenvalue weighted by molar-refractivity contribution is -0.120. The molecule has 0 aromatic heterocycles. The van der Waals surface area contributed by atoms with Crippen molar-refractivity contribution in [3.63, 3.8) is 0 Å². The van der Waals surface area contributed by atoms with Crippen LogP contribution in [0.1, 0.15) is 6.42 Å². The summed E-state index contributed by atoms with van der Waals surface area (Å²) in [5, 5.41) is 2.69. The number of halogens is 1. The zero-order valence-electron chi connectivity index (χ0n) is 13.0. The van der Waals surface area contributed by atoms with Gasteiger partial charge in [0.05, 0.1) is 11.9 Å². The van der Waals surface area contributed by atoms with Crippen molar-refractivity contribution in [2.75, 3.05) is 44.3 Å². The predicted octanol–water partition coefficient (Wildman–Crippen LogP) is 0.660. The van der Waals surface area contributed by atoms with Crippen LogP contribution in [0.25, 0.3) is 0 Å². The van der Waals surface area contributed by atoms with E-state index in [0.29, 0.717) is 13.1 Å². The Hall–Kier alpha value is -1.67. The first-order chi connectivity index (χ1) is 10.2. The zero-order valence-corrected chi connectivity index (χ0v) is 13.9. The van der Waals surface area contributed by atoms with Gasteiger partial charge in [0, 0.05) is 26.1 Å². The molecule has 0 radical (unpaired) electrons. The molecule has 0 spiro atoms. The van der Waals surface area contributed by atoms with Gasteiger partial charge in [0.25, 0.3) is 0 Å². The van der Waals surface area contributed by atoms with Crippen LogP contribution in [0.15, 0.2) is 24.3 Å². The van der Waals surface area contributed by atoms with Crippen LogP contribution in [-0.2, 0) is 14.8 Å². The molecule has 0 saturated carbocycles. The highest BCUT2D eigenvalue weighted by Gasteiger charge is 2.21. The third-order valence-corrected chi connectivity index (χ3v) is 4.12. The summed E-state index contributed by atoms with van der Waals surface area (Å²) in [4.78, 5) is 13.6. The number of hydrogen-bond donors (Lipinski definition) is 1. The Morgan fingerprint density at radius 1 is 1.23 bits per heavy atom. The van der Waals surface area contributed by atoms with E-state index in [2.05, 4.69) is 5.32 Å². The lowest BCUT2D eigenvalue weighted by atomic mass is 10.3. The first-order valence-corrected chi connectivity index (χ1v) is 8.70. The Morgan fingerprint density at radius 3 is 2.41 bits per heavy atom. The largest absolute Gasteiger partial charge is 0.355 e. The molecule has 0 bridgehead atoms. The van der Waals surface area contributed by atoms with Gasteiger partial charge in [0.15, 0.2) is 0 Å². The number of hydrogen-bond acceptors (Lipinski definition) is 4. The predicted molar refractivity (Wildman–Crippen MR) is 84.8 cm³/mol. The molecule has 0 unspecified atom stereocenters. The first-order valence-electron chi connectivity index (χ1n) is 6.85. The highest BCUT2D eigenvalue weighted by atomic mass is 32.2. The molecule has 8 heteroatoms. The first kappa shape index (κ1) is 18.4. The van der Waals surface area contributed by atoms with E-state index >= 15 is 0 Å². The molecule has 6 nitrogen and oxygen atoms in total. The monoisotopic (exact) mass is 331 g/mol. The van der Waals surface area contributed by atoms with Crippen molar-refractivity contribution in [3.05, 3.63) is 30.1 Å². The molecule has 0 fully saturated rings. The van der Waals surface area contributed by atoms with Crippen LogP contribution in [0.5, 0.6) is 0 Å². The van der Waals surface area contributed by atoms with Crippen LogP contribution in [0, 0.1) is 5.82 Å². The quantitative estimate of drug-likeness (QED) is 0.760. The second-order valence-corrected chi connectivity index (χ2v) is 7.10. The third-order valence-electron chi connectivity index (χ3n) is 2.94. The number of likely N-dealkylation sites (N-methyl/N-ethyl adjacent to an activating group) is 1. The molecule has 1 aromatic rings. The zero-order chi connectivity index (χ0) is 16.8. The van der Waals surface area contributed by atoms with Gasteiger partial charge < -0.3 is 10.2 Å². The average Bonchev–Trinajstić information content (AvgIpc) is 2.39. The van der Waals surface area contributed by atoms with Crippen molar-refractivity contribution in [3.8, 4) is 0 Å². The van der Waals surface area contributed by atoms with E-state index in [0.717, 1.165) is 10.6 Å². The molecule has 0 saturated heterocycles.